The van der Waals surface area contributed by atoms with Crippen LogP contribution in [-0.4, -0.2) is 0 Å². The minimum Gasteiger partial charge on any atom is -0.271 e. The highest BCUT2D eigenvalue weighted by Crippen LogP contribution is 2.22. The zero-order valence-corrected chi connectivity index (χ0v) is 11.4. The van der Waals surface area contributed by atoms with E-state index in [9.17, 15) is 4.39 Å². The van der Waals surface area contributed by atoms with E-state index in [-0.39, 0.29) is 11.9 Å². The van der Waals surface area contributed by atoms with E-state index in [2.05, 4.69) is 5.43 Å². The molecule has 0 spiro atoms. The third-order valence-corrected chi connectivity index (χ3v) is 3.31. The van der Waals surface area contributed by atoms with E-state index < -0.39 is 0 Å². The van der Waals surface area contributed by atoms with Crippen LogP contribution in [0.25, 0.3) is 0 Å². The van der Waals surface area contributed by atoms with Gasteiger partial charge in [-0.05, 0) is 42.7 Å². The fraction of sp³-hybridized carbons (Fsp3) is 0.200. The summed E-state index contributed by atoms with van der Waals surface area (Å²) in [5.41, 5.74) is 5.46. The van der Waals surface area contributed by atoms with Crippen LogP contribution in [0.1, 0.15) is 22.7 Å². The van der Waals surface area contributed by atoms with E-state index in [1.807, 2.05) is 31.2 Å². The second kappa shape index (κ2) is 6.15. The van der Waals surface area contributed by atoms with Gasteiger partial charge in [-0.15, -0.1) is 0 Å². The van der Waals surface area contributed by atoms with Crippen molar-refractivity contribution < 1.29 is 4.39 Å². The lowest BCUT2D eigenvalue weighted by Crippen LogP contribution is -2.29. The van der Waals surface area contributed by atoms with Crippen LogP contribution in [-0.2, 0) is 6.42 Å². The van der Waals surface area contributed by atoms with Crippen molar-refractivity contribution in [2.75, 3.05) is 0 Å². The Balaban J connectivity index is 2.26. The molecule has 2 aromatic rings. The van der Waals surface area contributed by atoms with Crippen LogP contribution >= 0.6 is 11.6 Å². The van der Waals surface area contributed by atoms with Crippen molar-refractivity contribution in [3.8, 4) is 0 Å². The number of hydrazine groups is 1. The first-order valence-electron chi connectivity index (χ1n) is 6.07. The van der Waals surface area contributed by atoms with Crippen LogP contribution < -0.4 is 11.3 Å². The summed E-state index contributed by atoms with van der Waals surface area (Å²) in [7, 11) is 0. The van der Waals surface area contributed by atoms with Crippen molar-refractivity contribution in [3.63, 3.8) is 0 Å². The highest BCUT2D eigenvalue weighted by molar-refractivity contribution is 6.30. The second-order valence-electron chi connectivity index (χ2n) is 4.57. The molecule has 1 atom stereocenters. The predicted octanol–water partition coefficient (Wildman–Crippen LogP) is 3.53. The van der Waals surface area contributed by atoms with Crippen molar-refractivity contribution in [3.05, 3.63) is 70.0 Å². The Morgan fingerprint density at radius 1 is 1.26 bits per heavy atom. The summed E-state index contributed by atoms with van der Waals surface area (Å²) in [5.74, 6) is 5.32. The van der Waals surface area contributed by atoms with Gasteiger partial charge in [0.1, 0.15) is 5.82 Å². The van der Waals surface area contributed by atoms with E-state index in [0.29, 0.717) is 17.0 Å². The summed E-state index contributed by atoms with van der Waals surface area (Å²) < 4.78 is 13.7. The number of nitrogens with one attached hydrogen (secondary N) is 1. The van der Waals surface area contributed by atoms with Crippen molar-refractivity contribution in [1.82, 2.24) is 5.43 Å². The molecule has 0 radical (unpaired) electrons. The number of hydrogen-bond donors (Lipinski definition) is 2. The van der Waals surface area contributed by atoms with Gasteiger partial charge in [0.25, 0.3) is 0 Å². The van der Waals surface area contributed by atoms with Gasteiger partial charge in [0.2, 0.25) is 0 Å². The largest absolute Gasteiger partial charge is 0.271 e. The Morgan fingerprint density at radius 2 is 2.05 bits per heavy atom. The lowest BCUT2D eigenvalue weighted by atomic mass is 9.98. The van der Waals surface area contributed by atoms with Crippen molar-refractivity contribution >= 4 is 11.6 Å². The summed E-state index contributed by atoms with van der Waals surface area (Å²) in [6, 6.07) is 12.4. The molecular formula is C15H16ClFN2. The fourth-order valence-corrected chi connectivity index (χ4v) is 2.27. The molecule has 4 heteroatoms. The summed E-state index contributed by atoms with van der Waals surface area (Å²) in [5, 5.41) is 0.524. The minimum absolute atomic E-state index is 0.145. The molecule has 0 bridgehead atoms. The van der Waals surface area contributed by atoms with Crippen LogP contribution in [0.15, 0.2) is 42.5 Å². The standard InChI is InChI=1S/C15H16ClFN2/c1-10-3-2-4-11(7-10)15(19-18)9-12-8-13(16)5-6-14(12)17/h2-8,15,19H,9,18H2,1H3. The number of halogens is 2. The summed E-state index contributed by atoms with van der Waals surface area (Å²) in [4.78, 5) is 0. The van der Waals surface area contributed by atoms with Gasteiger partial charge in [0, 0.05) is 5.02 Å². The monoisotopic (exact) mass is 278 g/mol. The Kier molecular flexibility index (Phi) is 4.53. The minimum atomic E-state index is -0.266. The smallest absolute Gasteiger partial charge is 0.126 e. The van der Waals surface area contributed by atoms with Crippen LogP contribution in [0.4, 0.5) is 4.39 Å². The van der Waals surface area contributed by atoms with Gasteiger partial charge in [-0.3, -0.25) is 11.3 Å². The molecule has 1 unspecified atom stereocenters. The van der Waals surface area contributed by atoms with Crippen molar-refractivity contribution in [1.29, 1.82) is 0 Å². The molecule has 3 N–H and O–H groups in total. The van der Waals surface area contributed by atoms with Gasteiger partial charge in [-0.2, -0.15) is 0 Å². The number of aryl methyl sites for hydroxylation is 1. The molecule has 19 heavy (non-hydrogen) atoms. The van der Waals surface area contributed by atoms with Crippen LogP contribution in [0.3, 0.4) is 0 Å². The van der Waals surface area contributed by atoms with E-state index in [1.165, 1.54) is 12.1 Å². The van der Waals surface area contributed by atoms with E-state index in [0.717, 1.165) is 11.1 Å². The highest BCUT2D eigenvalue weighted by atomic mass is 35.5. The zero-order chi connectivity index (χ0) is 13.8. The maximum absolute atomic E-state index is 13.7. The summed E-state index contributed by atoms with van der Waals surface area (Å²) in [6.45, 7) is 2.01. The Labute approximate surface area is 117 Å². The number of rotatable bonds is 4. The normalized spacial score (nSPS) is 12.4. The fourth-order valence-electron chi connectivity index (χ4n) is 2.08. The second-order valence-corrected chi connectivity index (χ2v) is 5.01. The molecule has 2 aromatic carbocycles. The van der Waals surface area contributed by atoms with E-state index in [4.69, 9.17) is 17.4 Å². The third kappa shape index (κ3) is 3.53. The molecule has 0 saturated heterocycles. The average molecular weight is 279 g/mol. The molecule has 0 aromatic heterocycles. The molecule has 2 rings (SSSR count). The molecule has 0 amide bonds. The number of hydrogen-bond acceptors (Lipinski definition) is 2. The lowest BCUT2D eigenvalue weighted by molar-refractivity contribution is 0.529. The Morgan fingerprint density at radius 3 is 2.74 bits per heavy atom. The topological polar surface area (TPSA) is 38.0 Å². The molecule has 0 saturated carbocycles. The summed E-state index contributed by atoms with van der Waals surface area (Å²) >= 11 is 5.90. The molecule has 0 aliphatic carbocycles. The van der Waals surface area contributed by atoms with Gasteiger partial charge in [-0.25, -0.2) is 4.39 Å². The molecular weight excluding hydrogens is 263 g/mol. The van der Waals surface area contributed by atoms with Crippen LogP contribution in [0.2, 0.25) is 5.02 Å². The van der Waals surface area contributed by atoms with Gasteiger partial charge < -0.3 is 0 Å². The third-order valence-electron chi connectivity index (χ3n) is 3.08. The van der Waals surface area contributed by atoms with Gasteiger partial charge in [0.15, 0.2) is 0 Å². The van der Waals surface area contributed by atoms with Gasteiger partial charge in [-0.1, -0.05) is 41.4 Å². The van der Waals surface area contributed by atoms with Crippen molar-refractivity contribution in [2.24, 2.45) is 5.84 Å². The molecule has 2 nitrogen and oxygen atoms in total. The summed E-state index contributed by atoms with van der Waals surface area (Å²) in [6.07, 6.45) is 0.451. The maximum atomic E-state index is 13.7. The first kappa shape index (κ1) is 14.0. The SMILES string of the molecule is Cc1cccc(C(Cc2cc(Cl)ccc2F)NN)c1. The molecule has 0 aliphatic heterocycles. The predicted molar refractivity (Wildman–Crippen MR) is 76.4 cm³/mol. The molecule has 0 aliphatic rings. The zero-order valence-electron chi connectivity index (χ0n) is 10.7. The van der Waals surface area contributed by atoms with Crippen molar-refractivity contribution in [2.45, 2.75) is 19.4 Å². The van der Waals surface area contributed by atoms with Crippen LogP contribution in [0, 0.1) is 12.7 Å². The van der Waals surface area contributed by atoms with Gasteiger partial charge in [0.05, 0.1) is 6.04 Å². The molecule has 0 heterocycles. The number of benzene rings is 2. The number of nitrogens with two attached hydrogens (primary N) is 1. The lowest BCUT2D eigenvalue weighted by Gasteiger charge is -2.17. The van der Waals surface area contributed by atoms with Crippen LogP contribution in [0.5, 0.6) is 0 Å². The van der Waals surface area contributed by atoms with Gasteiger partial charge >= 0.3 is 0 Å². The highest BCUT2D eigenvalue weighted by Gasteiger charge is 2.13. The Bertz CT molecular complexity index is 572. The first-order valence-corrected chi connectivity index (χ1v) is 6.44. The van der Waals surface area contributed by atoms with E-state index >= 15 is 0 Å². The first-order chi connectivity index (χ1) is 9.10. The average Bonchev–Trinajstić information content (AvgIpc) is 2.39. The Hall–Kier alpha value is -1.42. The van der Waals surface area contributed by atoms with E-state index in [1.54, 1.807) is 6.07 Å². The quantitative estimate of drug-likeness (QED) is 0.663. The molecule has 0 fully saturated rings. The maximum Gasteiger partial charge on any atom is 0.126 e. The molecule has 100 valence electrons.